The molecule has 0 spiro atoms. The van der Waals surface area contributed by atoms with Crippen LogP contribution in [0.5, 0.6) is 0 Å². The van der Waals surface area contributed by atoms with E-state index in [9.17, 15) is 19.2 Å². The van der Waals surface area contributed by atoms with E-state index in [1.54, 1.807) is 29.7 Å². The number of carbonyl (C=O) groups excluding carboxylic acids is 4. The number of aromatic nitrogens is 6. The predicted molar refractivity (Wildman–Crippen MR) is 245 cm³/mol. The number of rotatable bonds is 9. The highest BCUT2D eigenvalue weighted by Crippen LogP contribution is 2.33. The molecule has 19 heteroatoms. The molecular weight excluding hydrogens is 872 g/mol. The van der Waals surface area contributed by atoms with Gasteiger partial charge in [0.15, 0.2) is 0 Å². The minimum atomic E-state index is -0.541. The van der Waals surface area contributed by atoms with Gasteiger partial charge in [0, 0.05) is 79.5 Å². The normalized spacial score (nSPS) is 19.3. The van der Waals surface area contributed by atoms with Crippen molar-refractivity contribution in [1.82, 2.24) is 38.8 Å². The molecule has 63 heavy (non-hydrogen) atoms. The minimum absolute atomic E-state index is 0.0599. The number of halogens is 1. The maximum absolute atomic E-state index is 12.6. The molecule has 2 aliphatic rings. The summed E-state index contributed by atoms with van der Waals surface area (Å²) in [5.41, 5.74) is 15.7. The molecule has 4 amide bonds. The molecule has 2 fully saturated rings. The topological polar surface area (TPSA) is 222 Å². The number of likely N-dealkylation sites (tertiary alicyclic amines) is 2. The maximum atomic E-state index is 12.6. The third-order valence-electron chi connectivity index (χ3n) is 11.3. The van der Waals surface area contributed by atoms with Gasteiger partial charge in [-0.05, 0) is 107 Å². The first-order valence-electron chi connectivity index (χ1n) is 21.4. The van der Waals surface area contributed by atoms with Crippen LogP contribution in [0.2, 0.25) is 0 Å². The van der Waals surface area contributed by atoms with E-state index in [-0.39, 0.29) is 36.1 Å². The van der Waals surface area contributed by atoms with Crippen LogP contribution >= 0.6 is 15.9 Å². The van der Waals surface area contributed by atoms with E-state index in [1.165, 1.54) is 12.4 Å². The van der Waals surface area contributed by atoms with Gasteiger partial charge in [-0.15, -0.1) is 0 Å². The zero-order valence-electron chi connectivity index (χ0n) is 37.6. The average Bonchev–Trinajstić information content (AvgIpc) is 3.94. The molecule has 6 N–H and O–H groups in total. The van der Waals surface area contributed by atoms with Crippen LogP contribution in [0.15, 0.2) is 53.8 Å². The Morgan fingerprint density at radius 3 is 1.57 bits per heavy atom. The smallest absolute Gasteiger partial charge is 0.410 e. The molecule has 7 heterocycles. The SMILES string of the molecule is CC[C@@H]1CN(C(=O)OC(C)(C)C)CC[C@H]1Nc1c(C(N)=O)cnn2cc(-c3cnn(C)c3)cc12.CC[C@@H]1CN(C(=O)OC(C)(C)C)CC[C@H]1Nc1c(C(N)=O)cnn2cc(Br)cc12. The second-order valence-corrected chi connectivity index (χ2v) is 19.2. The molecule has 0 unspecified atom stereocenters. The number of anilines is 2. The number of aryl methyl sites for hydroxylation is 1. The largest absolute Gasteiger partial charge is 0.444 e. The highest BCUT2D eigenvalue weighted by molar-refractivity contribution is 9.10. The zero-order valence-corrected chi connectivity index (χ0v) is 39.2. The Hall–Kier alpha value is -5.85. The Morgan fingerprint density at radius 2 is 1.16 bits per heavy atom. The van der Waals surface area contributed by atoms with Crippen molar-refractivity contribution in [2.45, 2.75) is 104 Å². The molecule has 0 aliphatic carbocycles. The van der Waals surface area contributed by atoms with Gasteiger partial charge in [0.25, 0.3) is 11.8 Å². The van der Waals surface area contributed by atoms with Crippen molar-refractivity contribution in [2.24, 2.45) is 30.4 Å². The van der Waals surface area contributed by atoms with Crippen LogP contribution in [0, 0.1) is 11.8 Å². The molecule has 2 saturated heterocycles. The highest BCUT2D eigenvalue weighted by atomic mass is 79.9. The third-order valence-corrected chi connectivity index (χ3v) is 11.7. The number of piperidine rings is 2. The number of amides is 4. The summed E-state index contributed by atoms with van der Waals surface area (Å²) >= 11 is 3.46. The summed E-state index contributed by atoms with van der Waals surface area (Å²) in [7, 11) is 1.87. The van der Waals surface area contributed by atoms with Crippen LogP contribution in [0.3, 0.4) is 0 Å². The van der Waals surface area contributed by atoms with Gasteiger partial charge in [-0.1, -0.05) is 13.8 Å². The Morgan fingerprint density at radius 1 is 0.698 bits per heavy atom. The Labute approximate surface area is 376 Å². The molecule has 7 rings (SSSR count). The lowest BCUT2D eigenvalue weighted by molar-refractivity contribution is 0.0143. The monoisotopic (exact) mass is 932 g/mol. The number of hydrogen-bond acceptors (Lipinski definition) is 11. The van der Waals surface area contributed by atoms with Crippen molar-refractivity contribution in [3.63, 3.8) is 0 Å². The standard InChI is InChI=1S/C24H33N7O3.C20H28BrN5O3/c1-6-15-13-30(23(33)34-24(2,3)4)8-7-19(15)28-21-18(22(25)32)11-27-31-14-16(9-20(21)31)17-10-26-29(5)12-17;1-5-12-10-25(19(28)29-20(2,3)4)7-6-15(12)24-17-14(18(22)27)9-23-26-11-13(21)8-16(17)26/h9-12,14-15,19,28H,6-8,13H2,1-5H3,(H2,25,32);8-9,11-12,15,24H,5-7,10H2,1-4H3,(H2,22,27)/t15-,19-;12-,15-/m11/s1. The molecule has 0 saturated carbocycles. The van der Waals surface area contributed by atoms with Crippen molar-refractivity contribution < 1.29 is 28.7 Å². The van der Waals surface area contributed by atoms with Crippen molar-refractivity contribution in [3.05, 3.63) is 64.9 Å². The zero-order chi connectivity index (χ0) is 46.0. The van der Waals surface area contributed by atoms with E-state index in [2.05, 4.69) is 55.7 Å². The molecule has 5 aromatic rings. The van der Waals surface area contributed by atoms with Gasteiger partial charge in [-0.3, -0.25) is 14.3 Å². The summed E-state index contributed by atoms with van der Waals surface area (Å²) < 4.78 is 17.1. The predicted octanol–water partition coefficient (Wildman–Crippen LogP) is 6.92. The molecule has 340 valence electrons. The van der Waals surface area contributed by atoms with Crippen LogP contribution in [-0.2, 0) is 16.5 Å². The molecule has 2 aliphatic heterocycles. The highest BCUT2D eigenvalue weighted by Gasteiger charge is 2.35. The number of nitrogens with one attached hydrogen (secondary N) is 2. The molecule has 0 bridgehead atoms. The fourth-order valence-corrected chi connectivity index (χ4v) is 8.52. The van der Waals surface area contributed by atoms with Crippen LogP contribution < -0.4 is 22.1 Å². The summed E-state index contributed by atoms with van der Waals surface area (Å²) in [6.45, 7) is 17.7. The second kappa shape index (κ2) is 18.9. The summed E-state index contributed by atoms with van der Waals surface area (Å²) in [5, 5.41) is 20.0. The number of nitrogens with two attached hydrogens (primary N) is 2. The summed E-state index contributed by atoms with van der Waals surface area (Å²) in [6, 6.07) is 4.04. The number of carbonyl (C=O) groups is 4. The minimum Gasteiger partial charge on any atom is -0.444 e. The van der Waals surface area contributed by atoms with E-state index in [0.717, 1.165) is 52.3 Å². The molecule has 18 nitrogen and oxygen atoms in total. The summed E-state index contributed by atoms with van der Waals surface area (Å²) in [5.74, 6) is -0.675. The maximum Gasteiger partial charge on any atom is 0.410 e. The lowest BCUT2D eigenvalue weighted by Gasteiger charge is -2.39. The van der Waals surface area contributed by atoms with Crippen LogP contribution in [0.4, 0.5) is 21.0 Å². The number of nitrogens with zero attached hydrogens (tertiary/aromatic N) is 8. The third kappa shape index (κ3) is 11.2. The fraction of sp³-hybridized carbons (Fsp3) is 0.523. The first-order valence-corrected chi connectivity index (χ1v) is 22.2. The van der Waals surface area contributed by atoms with Crippen LogP contribution in [0.25, 0.3) is 22.2 Å². The number of ether oxygens (including phenoxy) is 2. The van der Waals surface area contributed by atoms with E-state index in [0.29, 0.717) is 48.7 Å². The van der Waals surface area contributed by atoms with Crippen molar-refractivity contribution in [1.29, 1.82) is 0 Å². The Bertz CT molecular complexity index is 2460. The summed E-state index contributed by atoms with van der Waals surface area (Å²) in [6.07, 6.45) is 13.1. The van der Waals surface area contributed by atoms with E-state index in [4.69, 9.17) is 20.9 Å². The second-order valence-electron chi connectivity index (χ2n) is 18.3. The van der Waals surface area contributed by atoms with Crippen molar-refractivity contribution in [2.75, 3.05) is 36.8 Å². The van der Waals surface area contributed by atoms with Crippen LogP contribution in [0.1, 0.15) is 102 Å². The van der Waals surface area contributed by atoms with E-state index >= 15 is 0 Å². The lowest BCUT2D eigenvalue weighted by Crippen LogP contribution is -2.49. The number of hydrogen-bond donors (Lipinski definition) is 4. The first-order chi connectivity index (χ1) is 29.6. The number of fused-ring (bicyclic) bond motifs is 2. The molecule has 4 atom stereocenters. The van der Waals surface area contributed by atoms with Crippen LogP contribution in [-0.4, -0.2) is 112 Å². The van der Waals surface area contributed by atoms with Crippen molar-refractivity contribution in [3.8, 4) is 11.1 Å². The fourth-order valence-electron chi connectivity index (χ4n) is 8.11. The van der Waals surface area contributed by atoms with Gasteiger partial charge in [0.1, 0.15) is 11.2 Å². The van der Waals surface area contributed by atoms with Gasteiger partial charge >= 0.3 is 12.2 Å². The molecule has 5 aromatic heterocycles. The molecule has 0 radical (unpaired) electrons. The number of primary amides is 2. The van der Waals surface area contributed by atoms with E-state index in [1.807, 2.05) is 79.3 Å². The first kappa shape index (κ1) is 46.6. The Balaban J connectivity index is 0.000000213. The Kier molecular flexibility index (Phi) is 14.0. The van der Waals surface area contributed by atoms with E-state index < -0.39 is 23.0 Å². The van der Waals surface area contributed by atoms with Gasteiger partial charge in [0.05, 0.1) is 52.1 Å². The molecular formula is C44H61BrN12O6. The lowest BCUT2D eigenvalue weighted by atomic mass is 9.89. The van der Waals surface area contributed by atoms with Crippen molar-refractivity contribution >= 4 is 62.3 Å². The van der Waals surface area contributed by atoms with Gasteiger partial charge in [-0.2, -0.15) is 15.3 Å². The molecule has 0 aromatic carbocycles. The quantitative estimate of drug-likeness (QED) is 0.119. The average molecular weight is 934 g/mol. The van der Waals surface area contributed by atoms with Gasteiger partial charge < -0.3 is 41.4 Å². The summed E-state index contributed by atoms with van der Waals surface area (Å²) in [4.78, 5) is 52.9. The van der Waals surface area contributed by atoms with Gasteiger partial charge in [-0.25, -0.2) is 18.6 Å². The van der Waals surface area contributed by atoms with Gasteiger partial charge in [0.2, 0.25) is 0 Å².